The van der Waals surface area contributed by atoms with Gasteiger partial charge in [-0.2, -0.15) is 149 Å². The number of ether oxygens (including phenoxy) is 2. The standard InChI is InChI=1S/C32H16F34O2/c33-17(34,19(37,38)21(41,42)23(45,46)25(49,50)27(53,54)29(57,58)31(61,62)63)11-67-9-13-1-5-15(6-2-13)16-7-3-14(4-8-16)10-68-12-18(35,36)20(39,40)22(43,44)24(47,48)26(51,52)28(55,56)30(59,60)32(64,65)66/h1-8H,9-12H2. The van der Waals surface area contributed by atoms with Crippen LogP contribution in [0.1, 0.15) is 11.1 Å². The van der Waals surface area contributed by atoms with E-state index in [2.05, 4.69) is 9.47 Å². The van der Waals surface area contributed by atoms with Gasteiger partial charge in [-0.15, -0.1) is 0 Å². The second-order valence-corrected chi connectivity index (χ2v) is 13.7. The summed E-state index contributed by atoms with van der Waals surface area (Å²) in [6, 6.07) is 6.51. The van der Waals surface area contributed by atoms with E-state index in [4.69, 9.17) is 0 Å². The minimum atomic E-state index is -8.85. The van der Waals surface area contributed by atoms with Crippen LogP contribution in [0.2, 0.25) is 0 Å². The monoisotopic (exact) mass is 1080 g/mol. The fraction of sp³-hybridized carbons (Fsp3) is 0.625. The molecule has 0 aromatic heterocycles. The second-order valence-electron chi connectivity index (χ2n) is 13.7. The number of alkyl halides is 34. The first kappa shape index (κ1) is 60.1. The van der Waals surface area contributed by atoms with Gasteiger partial charge in [0.05, 0.1) is 13.2 Å². The first-order chi connectivity index (χ1) is 29.6. The van der Waals surface area contributed by atoms with Crippen LogP contribution in [0.15, 0.2) is 48.5 Å². The van der Waals surface area contributed by atoms with Gasteiger partial charge >= 0.3 is 95.3 Å². The van der Waals surface area contributed by atoms with Gasteiger partial charge in [0.15, 0.2) is 0 Å². The molecule has 0 amide bonds. The lowest BCUT2D eigenvalue weighted by Crippen LogP contribution is -2.74. The van der Waals surface area contributed by atoms with Gasteiger partial charge in [-0.05, 0) is 22.3 Å². The molecule has 0 aliphatic heterocycles. The van der Waals surface area contributed by atoms with Crippen molar-refractivity contribution in [2.45, 2.75) is 108 Å². The Kier molecular flexibility index (Phi) is 15.4. The van der Waals surface area contributed by atoms with Crippen molar-refractivity contribution in [3.8, 4) is 11.1 Å². The smallest absolute Gasteiger partial charge is 0.370 e. The Morgan fingerprint density at radius 2 is 0.412 bits per heavy atom. The van der Waals surface area contributed by atoms with Gasteiger partial charge in [-0.1, -0.05) is 48.5 Å². The van der Waals surface area contributed by atoms with E-state index in [0.717, 1.165) is 48.5 Å². The average molecular weight is 1080 g/mol. The van der Waals surface area contributed by atoms with E-state index in [-0.39, 0.29) is 11.1 Å². The third kappa shape index (κ3) is 9.01. The van der Waals surface area contributed by atoms with Crippen molar-refractivity contribution < 1.29 is 159 Å². The van der Waals surface area contributed by atoms with Crippen LogP contribution in [0.3, 0.4) is 0 Å². The fourth-order valence-electron chi connectivity index (χ4n) is 4.75. The molecule has 0 unspecified atom stereocenters. The third-order valence-corrected chi connectivity index (χ3v) is 8.92. The highest BCUT2D eigenvalue weighted by Gasteiger charge is 2.97. The molecule has 0 heterocycles. The molecule has 0 saturated carbocycles. The lowest BCUT2D eigenvalue weighted by Gasteiger charge is -2.42. The Balaban J connectivity index is 2.18. The maximum atomic E-state index is 14.1. The summed E-state index contributed by atoms with van der Waals surface area (Å²) < 4.78 is 464. The van der Waals surface area contributed by atoms with Crippen molar-refractivity contribution in [3.63, 3.8) is 0 Å². The zero-order valence-electron chi connectivity index (χ0n) is 31.1. The number of hydrogen-bond acceptors (Lipinski definition) is 2. The number of rotatable bonds is 21. The van der Waals surface area contributed by atoms with Gasteiger partial charge in [0.25, 0.3) is 0 Å². The minimum Gasteiger partial charge on any atom is -0.370 e. The quantitative estimate of drug-likeness (QED) is 0.116. The topological polar surface area (TPSA) is 18.5 Å². The summed E-state index contributed by atoms with van der Waals surface area (Å²) in [4.78, 5) is 0. The van der Waals surface area contributed by atoms with E-state index in [1.165, 1.54) is 0 Å². The van der Waals surface area contributed by atoms with Crippen molar-refractivity contribution in [1.82, 2.24) is 0 Å². The highest BCUT2D eigenvalue weighted by Crippen LogP contribution is 2.66. The third-order valence-electron chi connectivity index (χ3n) is 8.92. The van der Waals surface area contributed by atoms with E-state index in [1.807, 2.05) is 0 Å². The average Bonchev–Trinajstić information content (AvgIpc) is 3.16. The molecule has 68 heavy (non-hydrogen) atoms. The van der Waals surface area contributed by atoms with Gasteiger partial charge < -0.3 is 9.47 Å². The maximum absolute atomic E-state index is 14.1. The molecular weight excluding hydrogens is 1060 g/mol. The van der Waals surface area contributed by atoms with Crippen molar-refractivity contribution in [3.05, 3.63) is 59.7 Å². The van der Waals surface area contributed by atoms with Crippen LogP contribution in [0.4, 0.5) is 149 Å². The summed E-state index contributed by atoms with van der Waals surface area (Å²) in [5, 5.41) is 0. The molecule has 0 aliphatic rings. The summed E-state index contributed by atoms with van der Waals surface area (Å²) in [6.45, 7) is -9.44. The molecule has 2 rings (SSSR count). The van der Waals surface area contributed by atoms with Crippen LogP contribution >= 0.6 is 0 Å². The van der Waals surface area contributed by atoms with Gasteiger partial charge in [0.1, 0.15) is 13.2 Å². The molecule has 394 valence electrons. The fourth-order valence-corrected chi connectivity index (χ4v) is 4.75. The van der Waals surface area contributed by atoms with Crippen LogP contribution in [0.5, 0.6) is 0 Å². The first-order valence-corrected chi connectivity index (χ1v) is 16.4. The van der Waals surface area contributed by atoms with E-state index in [1.54, 1.807) is 0 Å². The molecule has 0 atom stereocenters. The summed E-state index contributed by atoms with van der Waals surface area (Å²) in [5.41, 5.74) is -1.18. The molecule has 0 fully saturated rings. The molecule has 36 heteroatoms. The van der Waals surface area contributed by atoms with E-state index >= 15 is 0 Å². The van der Waals surface area contributed by atoms with Crippen molar-refractivity contribution in [1.29, 1.82) is 0 Å². The highest BCUT2D eigenvalue weighted by atomic mass is 19.4. The summed E-state index contributed by atoms with van der Waals surface area (Å²) in [5.74, 6) is -116. The van der Waals surface area contributed by atoms with Gasteiger partial charge in [-0.25, -0.2) is 0 Å². The molecule has 0 N–H and O–H groups in total. The summed E-state index contributed by atoms with van der Waals surface area (Å²) in [7, 11) is 0. The SMILES string of the molecule is FC(F)(F)C(F)(F)C(F)(F)C(F)(F)C(F)(F)C(F)(F)C(F)(F)C(F)(F)COCc1ccc(-c2ccc(COCC(F)(F)C(F)(F)C(F)(F)C(F)(F)C(F)(F)C(F)(F)C(F)(F)C(F)(F)F)cc2)cc1. The van der Waals surface area contributed by atoms with Crippen LogP contribution in [-0.2, 0) is 22.7 Å². The Labute approximate surface area is 352 Å². The second kappa shape index (κ2) is 17.4. The lowest BCUT2D eigenvalue weighted by atomic mass is 9.89. The maximum Gasteiger partial charge on any atom is 0.460 e. The molecule has 0 spiro atoms. The Morgan fingerprint density at radius 1 is 0.235 bits per heavy atom. The van der Waals surface area contributed by atoms with Crippen molar-refractivity contribution >= 4 is 0 Å². The summed E-state index contributed by atoms with van der Waals surface area (Å²) in [6.07, 6.45) is -15.9. The molecule has 2 aromatic carbocycles. The minimum absolute atomic E-state index is 0.0847. The van der Waals surface area contributed by atoms with Gasteiger partial charge in [-0.3, -0.25) is 0 Å². The van der Waals surface area contributed by atoms with Crippen molar-refractivity contribution in [2.24, 2.45) is 0 Å². The van der Waals surface area contributed by atoms with Crippen LogP contribution in [-0.4, -0.2) is 108 Å². The van der Waals surface area contributed by atoms with E-state index in [0.29, 0.717) is 0 Å². The van der Waals surface area contributed by atoms with Crippen LogP contribution in [0.25, 0.3) is 11.1 Å². The zero-order valence-corrected chi connectivity index (χ0v) is 31.1. The largest absolute Gasteiger partial charge is 0.460 e. The molecule has 0 aliphatic carbocycles. The Bertz CT molecular complexity index is 1880. The van der Waals surface area contributed by atoms with E-state index < -0.39 is 133 Å². The van der Waals surface area contributed by atoms with Crippen molar-refractivity contribution in [2.75, 3.05) is 13.2 Å². The Hall–Kier alpha value is -4.02. The van der Waals surface area contributed by atoms with Gasteiger partial charge in [0, 0.05) is 0 Å². The Morgan fingerprint density at radius 3 is 0.603 bits per heavy atom. The number of halogens is 34. The normalized spacial score (nSPS) is 15.9. The number of hydrogen-bond donors (Lipinski definition) is 0. The predicted octanol–water partition coefficient (Wildman–Crippen LogP) is 14.4. The molecule has 0 bridgehead atoms. The molecule has 2 aromatic rings. The molecule has 2 nitrogen and oxygen atoms in total. The number of benzene rings is 2. The van der Waals surface area contributed by atoms with E-state index in [9.17, 15) is 149 Å². The summed E-state index contributed by atoms with van der Waals surface area (Å²) >= 11 is 0. The highest BCUT2D eigenvalue weighted by molar-refractivity contribution is 5.63. The molecular formula is C32H16F34O2. The van der Waals surface area contributed by atoms with Gasteiger partial charge in [0.2, 0.25) is 0 Å². The lowest BCUT2D eigenvalue weighted by molar-refractivity contribution is -0.462. The van der Waals surface area contributed by atoms with Crippen LogP contribution < -0.4 is 0 Å². The molecule has 0 saturated heterocycles. The first-order valence-electron chi connectivity index (χ1n) is 16.4. The van der Waals surface area contributed by atoms with Crippen LogP contribution in [0, 0.1) is 0 Å². The molecule has 0 radical (unpaired) electrons. The predicted molar refractivity (Wildman–Crippen MR) is 153 cm³/mol. The zero-order chi connectivity index (χ0) is 54.2.